The number of halogens is 4. The lowest BCUT2D eigenvalue weighted by Gasteiger charge is -2.13. The molecule has 0 saturated carbocycles. The number of aryl methyl sites for hydroxylation is 1. The standard InChI is InChI=1S/C24H20BrF3N4O5/c1-14-3-6-17(7-4-14)30-23(33)13-37-22-11-18(25)15(9-21(22)36-2)12-29-31-19-8-5-16(24(26,27)28)10-20(19)32(34)35/h3-12,31H,13H2,1-2H3,(H,30,33)/b29-12-. The SMILES string of the molecule is COc1cc(/C=N\Nc2ccc(C(F)(F)F)cc2[N+](=O)[O-])c(Br)cc1OCC(=O)Nc1ccc(C)cc1. The zero-order valence-electron chi connectivity index (χ0n) is 19.4. The van der Waals surface area contributed by atoms with Crippen LogP contribution in [0.3, 0.4) is 0 Å². The maximum atomic E-state index is 12.9. The molecule has 0 aromatic heterocycles. The van der Waals surface area contributed by atoms with Crippen LogP contribution in [0, 0.1) is 17.0 Å². The van der Waals surface area contributed by atoms with Gasteiger partial charge in [-0.2, -0.15) is 18.3 Å². The van der Waals surface area contributed by atoms with Crippen LogP contribution in [-0.4, -0.2) is 30.8 Å². The van der Waals surface area contributed by atoms with Crippen LogP contribution in [0.15, 0.2) is 64.2 Å². The summed E-state index contributed by atoms with van der Waals surface area (Å²) < 4.78 is 50.0. The molecule has 0 bridgehead atoms. The third-order valence-electron chi connectivity index (χ3n) is 4.89. The number of nitro benzene ring substituents is 1. The largest absolute Gasteiger partial charge is 0.493 e. The van der Waals surface area contributed by atoms with Gasteiger partial charge in [-0.05, 0) is 59.3 Å². The number of carbonyl (C=O) groups is 1. The molecular formula is C24H20BrF3N4O5. The van der Waals surface area contributed by atoms with Crippen molar-refractivity contribution >= 4 is 45.1 Å². The summed E-state index contributed by atoms with van der Waals surface area (Å²) in [5.74, 6) is 0.153. The molecule has 194 valence electrons. The number of nitrogens with one attached hydrogen (secondary N) is 2. The minimum absolute atomic E-state index is 0.225. The fraction of sp³-hybridized carbons (Fsp3) is 0.167. The van der Waals surface area contributed by atoms with Gasteiger partial charge in [0, 0.05) is 21.8 Å². The molecular weight excluding hydrogens is 561 g/mol. The Morgan fingerprint density at radius 1 is 1.14 bits per heavy atom. The summed E-state index contributed by atoms with van der Waals surface area (Å²) in [6.45, 7) is 1.64. The summed E-state index contributed by atoms with van der Waals surface area (Å²) in [6.07, 6.45) is -3.44. The minimum atomic E-state index is -4.72. The average Bonchev–Trinajstić information content (AvgIpc) is 2.84. The van der Waals surface area contributed by atoms with E-state index in [0.717, 1.165) is 11.6 Å². The summed E-state index contributed by atoms with van der Waals surface area (Å²) in [7, 11) is 1.40. The van der Waals surface area contributed by atoms with Crippen molar-refractivity contribution in [3.8, 4) is 11.5 Å². The van der Waals surface area contributed by atoms with Gasteiger partial charge in [-0.1, -0.05) is 17.7 Å². The summed E-state index contributed by atoms with van der Waals surface area (Å²) in [4.78, 5) is 22.5. The Labute approximate surface area is 217 Å². The highest BCUT2D eigenvalue weighted by Crippen LogP contribution is 2.35. The molecule has 0 heterocycles. The first-order valence-corrected chi connectivity index (χ1v) is 11.3. The predicted molar refractivity (Wildman–Crippen MR) is 135 cm³/mol. The molecule has 0 unspecified atom stereocenters. The molecule has 0 spiro atoms. The zero-order chi connectivity index (χ0) is 27.2. The van der Waals surface area contributed by atoms with Gasteiger partial charge in [0.2, 0.25) is 0 Å². The molecule has 0 radical (unpaired) electrons. The smallest absolute Gasteiger partial charge is 0.416 e. The number of anilines is 2. The molecule has 0 fully saturated rings. The van der Waals surface area contributed by atoms with Gasteiger partial charge in [0.05, 0.1) is 23.8 Å². The highest BCUT2D eigenvalue weighted by atomic mass is 79.9. The van der Waals surface area contributed by atoms with Crippen molar-refractivity contribution in [2.45, 2.75) is 13.1 Å². The van der Waals surface area contributed by atoms with Crippen molar-refractivity contribution < 1.29 is 32.4 Å². The molecule has 1 amide bonds. The van der Waals surface area contributed by atoms with Gasteiger partial charge in [-0.15, -0.1) is 0 Å². The van der Waals surface area contributed by atoms with Crippen LogP contribution in [0.4, 0.5) is 30.2 Å². The molecule has 0 atom stereocenters. The van der Waals surface area contributed by atoms with Crippen molar-refractivity contribution in [2.24, 2.45) is 5.10 Å². The number of benzene rings is 3. The molecule has 0 saturated heterocycles. The molecule has 0 aliphatic heterocycles. The van der Waals surface area contributed by atoms with E-state index < -0.39 is 22.4 Å². The van der Waals surface area contributed by atoms with Crippen molar-refractivity contribution in [3.63, 3.8) is 0 Å². The number of rotatable bonds is 9. The number of alkyl halides is 3. The summed E-state index contributed by atoms with van der Waals surface area (Å²) >= 11 is 3.35. The maximum absolute atomic E-state index is 12.9. The fourth-order valence-electron chi connectivity index (χ4n) is 3.02. The Kier molecular flexibility index (Phi) is 8.71. The van der Waals surface area contributed by atoms with E-state index in [1.165, 1.54) is 19.4 Å². The highest BCUT2D eigenvalue weighted by molar-refractivity contribution is 9.10. The molecule has 3 aromatic rings. The van der Waals surface area contributed by atoms with E-state index in [0.29, 0.717) is 27.9 Å². The molecule has 0 aliphatic carbocycles. The second-order valence-electron chi connectivity index (χ2n) is 7.58. The summed E-state index contributed by atoms with van der Waals surface area (Å²) in [5.41, 5.74) is 2.36. The lowest BCUT2D eigenvalue weighted by molar-refractivity contribution is -0.384. The first-order chi connectivity index (χ1) is 17.5. The Bertz CT molecular complexity index is 1330. The Morgan fingerprint density at radius 3 is 2.46 bits per heavy atom. The number of hydrazone groups is 1. The average molecular weight is 581 g/mol. The number of hydrogen-bond acceptors (Lipinski definition) is 7. The number of amides is 1. The molecule has 13 heteroatoms. The second-order valence-corrected chi connectivity index (χ2v) is 8.44. The molecule has 0 aliphatic rings. The van der Waals surface area contributed by atoms with Gasteiger partial charge in [0.25, 0.3) is 11.6 Å². The molecule has 37 heavy (non-hydrogen) atoms. The van der Waals surface area contributed by atoms with Gasteiger partial charge >= 0.3 is 6.18 Å². The van der Waals surface area contributed by atoms with Crippen molar-refractivity contribution in [1.82, 2.24) is 0 Å². The second kappa shape index (κ2) is 11.7. The van der Waals surface area contributed by atoms with E-state index in [4.69, 9.17) is 9.47 Å². The topological polar surface area (TPSA) is 115 Å². The predicted octanol–water partition coefficient (Wildman–Crippen LogP) is 6.16. The quantitative estimate of drug-likeness (QED) is 0.178. The van der Waals surface area contributed by atoms with Crippen LogP contribution in [0.5, 0.6) is 11.5 Å². The number of ether oxygens (including phenoxy) is 2. The lowest BCUT2D eigenvalue weighted by atomic mass is 10.1. The number of nitrogens with zero attached hydrogens (tertiary/aromatic N) is 2. The molecule has 3 aromatic carbocycles. The number of carbonyl (C=O) groups excluding carboxylic acids is 1. The lowest BCUT2D eigenvalue weighted by Crippen LogP contribution is -2.20. The molecule has 2 N–H and O–H groups in total. The van der Waals surface area contributed by atoms with Gasteiger partial charge < -0.3 is 14.8 Å². The number of methoxy groups -OCH3 is 1. The Morgan fingerprint density at radius 2 is 1.84 bits per heavy atom. The minimum Gasteiger partial charge on any atom is -0.493 e. The third kappa shape index (κ3) is 7.43. The number of nitro groups is 1. The van der Waals surface area contributed by atoms with E-state index in [2.05, 4.69) is 31.8 Å². The first kappa shape index (κ1) is 27.5. The maximum Gasteiger partial charge on any atom is 0.416 e. The van der Waals surface area contributed by atoms with Crippen LogP contribution < -0.4 is 20.2 Å². The Hall–Kier alpha value is -4.13. The van der Waals surface area contributed by atoms with Crippen LogP contribution >= 0.6 is 15.9 Å². The van der Waals surface area contributed by atoms with Gasteiger partial charge in [0.1, 0.15) is 5.69 Å². The highest BCUT2D eigenvalue weighted by Gasteiger charge is 2.33. The van der Waals surface area contributed by atoms with Crippen molar-refractivity contribution in [1.29, 1.82) is 0 Å². The van der Waals surface area contributed by atoms with Crippen LogP contribution in [-0.2, 0) is 11.0 Å². The zero-order valence-corrected chi connectivity index (χ0v) is 21.0. The van der Waals surface area contributed by atoms with Gasteiger partial charge in [-0.25, -0.2) is 0 Å². The summed E-state index contributed by atoms with van der Waals surface area (Å²) in [5, 5.41) is 17.8. The first-order valence-electron chi connectivity index (χ1n) is 10.5. The van der Waals surface area contributed by atoms with E-state index >= 15 is 0 Å². The monoisotopic (exact) mass is 580 g/mol. The van der Waals surface area contributed by atoms with Gasteiger partial charge in [-0.3, -0.25) is 20.3 Å². The Balaban J connectivity index is 1.70. The van der Waals surface area contributed by atoms with Crippen LogP contribution in [0.2, 0.25) is 0 Å². The summed E-state index contributed by atoms with van der Waals surface area (Å²) in [6, 6.07) is 12.4. The van der Waals surface area contributed by atoms with E-state index in [9.17, 15) is 28.1 Å². The van der Waals surface area contributed by atoms with E-state index in [-0.39, 0.29) is 29.7 Å². The normalized spacial score (nSPS) is 11.3. The fourth-order valence-corrected chi connectivity index (χ4v) is 3.45. The third-order valence-corrected chi connectivity index (χ3v) is 5.57. The molecule has 3 rings (SSSR count). The van der Waals surface area contributed by atoms with Crippen molar-refractivity contribution in [2.75, 3.05) is 24.5 Å². The molecule has 9 nitrogen and oxygen atoms in total. The van der Waals surface area contributed by atoms with Crippen molar-refractivity contribution in [3.05, 3.63) is 85.9 Å². The number of hydrogen-bond donors (Lipinski definition) is 2. The van der Waals surface area contributed by atoms with Crippen LogP contribution in [0.1, 0.15) is 16.7 Å². The van der Waals surface area contributed by atoms with E-state index in [1.54, 1.807) is 18.2 Å². The van der Waals surface area contributed by atoms with Crippen LogP contribution in [0.25, 0.3) is 0 Å². The van der Waals surface area contributed by atoms with Gasteiger partial charge in [0.15, 0.2) is 18.1 Å². The van der Waals surface area contributed by atoms with E-state index in [1.807, 2.05) is 19.1 Å².